The fourth-order valence-electron chi connectivity index (χ4n) is 2.05. The number of hydrazone groups is 1. The zero-order valence-electron chi connectivity index (χ0n) is 15.1. The number of rotatable bonds is 4. The standard InChI is InChI=1S/C21H24N2O2/c1-17(15-16-18-11-7-5-8-12-18)22-23(19-13-9-6-10-14-19)20(24)25-21(2,3)4/h5-16H,1-4H3/b16-15+,22-17-. The summed E-state index contributed by atoms with van der Waals surface area (Å²) in [7, 11) is 0. The van der Waals surface area contributed by atoms with Gasteiger partial charge in [-0.15, -0.1) is 0 Å². The number of para-hydroxylation sites is 1. The fourth-order valence-corrected chi connectivity index (χ4v) is 2.05. The number of carbonyl (C=O) groups is 1. The van der Waals surface area contributed by atoms with Crippen LogP contribution in [0, 0.1) is 0 Å². The van der Waals surface area contributed by atoms with Gasteiger partial charge in [0.05, 0.1) is 11.4 Å². The van der Waals surface area contributed by atoms with E-state index in [-0.39, 0.29) is 0 Å². The van der Waals surface area contributed by atoms with Crippen LogP contribution in [0.25, 0.3) is 6.08 Å². The van der Waals surface area contributed by atoms with Gasteiger partial charge in [-0.05, 0) is 51.5 Å². The molecule has 130 valence electrons. The van der Waals surface area contributed by atoms with Crippen molar-refractivity contribution in [2.24, 2.45) is 5.10 Å². The van der Waals surface area contributed by atoms with Crippen molar-refractivity contribution in [3.63, 3.8) is 0 Å². The molecule has 0 saturated carbocycles. The normalized spacial score (nSPS) is 12.2. The summed E-state index contributed by atoms with van der Waals surface area (Å²) in [4.78, 5) is 12.5. The molecule has 0 aromatic heterocycles. The van der Waals surface area contributed by atoms with Crippen molar-refractivity contribution in [2.45, 2.75) is 33.3 Å². The van der Waals surface area contributed by atoms with Crippen LogP contribution in [0.1, 0.15) is 33.3 Å². The van der Waals surface area contributed by atoms with Gasteiger partial charge in [0.1, 0.15) is 5.60 Å². The van der Waals surface area contributed by atoms with Crippen molar-refractivity contribution in [1.82, 2.24) is 0 Å². The number of allylic oxidation sites excluding steroid dienone is 1. The van der Waals surface area contributed by atoms with Crippen LogP contribution in [0.3, 0.4) is 0 Å². The van der Waals surface area contributed by atoms with Crippen molar-refractivity contribution in [3.8, 4) is 0 Å². The molecule has 0 aliphatic heterocycles. The lowest BCUT2D eigenvalue weighted by Gasteiger charge is -2.24. The fraction of sp³-hybridized carbons (Fsp3) is 0.238. The lowest BCUT2D eigenvalue weighted by molar-refractivity contribution is 0.0581. The van der Waals surface area contributed by atoms with Gasteiger partial charge in [-0.2, -0.15) is 10.1 Å². The lowest BCUT2D eigenvalue weighted by atomic mass is 10.2. The number of hydrogen-bond acceptors (Lipinski definition) is 3. The first-order chi connectivity index (χ1) is 11.8. The van der Waals surface area contributed by atoms with Gasteiger partial charge in [-0.25, -0.2) is 4.79 Å². The number of hydrogen-bond donors (Lipinski definition) is 0. The highest BCUT2D eigenvalue weighted by Gasteiger charge is 2.23. The van der Waals surface area contributed by atoms with Crippen LogP contribution in [0.2, 0.25) is 0 Å². The van der Waals surface area contributed by atoms with Crippen LogP contribution < -0.4 is 5.01 Å². The van der Waals surface area contributed by atoms with Crippen LogP contribution in [0.5, 0.6) is 0 Å². The Morgan fingerprint density at radius 1 is 1.00 bits per heavy atom. The smallest absolute Gasteiger partial charge is 0.435 e. The minimum absolute atomic E-state index is 0.508. The first-order valence-corrected chi connectivity index (χ1v) is 8.22. The molecule has 4 nitrogen and oxygen atoms in total. The molecular formula is C21H24N2O2. The van der Waals surface area contributed by atoms with Crippen molar-refractivity contribution < 1.29 is 9.53 Å². The van der Waals surface area contributed by atoms with Crippen LogP contribution >= 0.6 is 0 Å². The van der Waals surface area contributed by atoms with E-state index in [1.807, 2.05) is 101 Å². The molecule has 0 fully saturated rings. The number of nitrogens with zero attached hydrogens (tertiary/aromatic N) is 2. The van der Waals surface area contributed by atoms with E-state index >= 15 is 0 Å². The maximum absolute atomic E-state index is 12.5. The molecule has 0 unspecified atom stereocenters. The van der Waals surface area contributed by atoms with Crippen LogP contribution in [-0.4, -0.2) is 17.4 Å². The summed E-state index contributed by atoms with van der Waals surface area (Å²) in [5, 5.41) is 5.72. The van der Waals surface area contributed by atoms with Gasteiger partial charge in [0.15, 0.2) is 0 Å². The van der Waals surface area contributed by atoms with Gasteiger partial charge in [-0.3, -0.25) is 0 Å². The second-order valence-electron chi connectivity index (χ2n) is 6.61. The largest absolute Gasteiger partial charge is 0.442 e. The zero-order chi connectivity index (χ0) is 18.3. The maximum atomic E-state index is 12.5. The molecule has 0 N–H and O–H groups in total. The molecule has 0 aliphatic carbocycles. The average Bonchev–Trinajstić information content (AvgIpc) is 2.58. The molecule has 2 rings (SSSR count). The Hall–Kier alpha value is -2.88. The summed E-state index contributed by atoms with van der Waals surface area (Å²) in [5.74, 6) is 0. The Kier molecular flexibility index (Phi) is 6.12. The third-order valence-electron chi connectivity index (χ3n) is 3.14. The van der Waals surface area contributed by atoms with Gasteiger partial charge in [-0.1, -0.05) is 54.6 Å². The summed E-state index contributed by atoms with van der Waals surface area (Å²) < 4.78 is 5.47. The van der Waals surface area contributed by atoms with Crippen molar-refractivity contribution in [3.05, 3.63) is 72.3 Å². The van der Waals surface area contributed by atoms with Crippen molar-refractivity contribution in [1.29, 1.82) is 0 Å². The Bertz CT molecular complexity index is 744. The van der Waals surface area contributed by atoms with E-state index in [4.69, 9.17) is 4.74 Å². The summed E-state index contributed by atoms with van der Waals surface area (Å²) >= 11 is 0. The molecule has 0 spiro atoms. The highest BCUT2D eigenvalue weighted by atomic mass is 16.6. The van der Waals surface area contributed by atoms with E-state index in [0.29, 0.717) is 11.4 Å². The molecule has 4 heteroatoms. The number of benzene rings is 2. The Balaban J connectivity index is 2.25. The lowest BCUT2D eigenvalue weighted by Crippen LogP contribution is -2.34. The summed E-state index contributed by atoms with van der Waals surface area (Å²) in [6.45, 7) is 7.35. The van der Waals surface area contributed by atoms with Gasteiger partial charge in [0.2, 0.25) is 0 Å². The Labute approximate surface area is 149 Å². The Morgan fingerprint density at radius 2 is 1.56 bits per heavy atom. The number of ether oxygens (including phenoxy) is 1. The van der Waals surface area contributed by atoms with E-state index in [2.05, 4.69) is 5.10 Å². The van der Waals surface area contributed by atoms with Crippen LogP contribution in [-0.2, 0) is 4.74 Å². The molecule has 0 saturated heterocycles. The third-order valence-corrected chi connectivity index (χ3v) is 3.14. The molecule has 1 amide bonds. The molecule has 25 heavy (non-hydrogen) atoms. The van der Waals surface area contributed by atoms with Crippen molar-refractivity contribution in [2.75, 3.05) is 5.01 Å². The zero-order valence-corrected chi connectivity index (χ0v) is 15.1. The molecule has 2 aromatic carbocycles. The van der Waals surface area contributed by atoms with Gasteiger partial charge in [0, 0.05) is 0 Å². The second kappa shape index (κ2) is 8.29. The molecule has 0 heterocycles. The predicted octanol–water partition coefficient (Wildman–Crippen LogP) is 5.52. The number of anilines is 1. The quantitative estimate of drug-likeness (QED) is 0.545. The van der Waals surface area contributed by atoms with Gasteiger partial charge in [0.25, 0.3) is 0 Å². The Morgan fingerprint density at radius 3 is 2.12 bits per heavy atom. The van der Waals surface area contributed by atoms with E-state index < -0.39 is 11.7 Å². The van der Waals surface area contributed by atoms with Crippen LogP contribution in [0.15, 0.2) is 71.8 Å². The van der Waals surface area contributed by atoms with Crippen LogP contribution in [0.4, 0.5) is 10.5 Å². The number of amides is 1. The molecule has 0 atom stereocenters. The summed E-state index contributed by atoms with van der Waals surface area (Å²) in [5.41, 5.74) is 1.83. The van der Waals surface area contributed by atoms with E-state index in [9.17, 15) is 4.79 Å². The topological polar surface area (TPSA) is 41.9 Å². The minimum Gasteiger partial charge on any atom is -0.442 e. The molecule has 0 bridgehead atoms. The SMILES string of the molecule is CC(/C=C/c1ccccc1)=N/N(C(=O)OC(C)(C)C)c1ccccc1. The molecule has 2 aromatic rings. The minimum atomic E-state index is -0.590. The first-order valence-electron chi connectivity index (χ1n) is 8.22. The van der Waals surface area contributed by atoms with Crippen molar-refractivity contribution >= 4 is 23.6 Å². The van der Waals surface area contributed by atoms with E-state index in [1.165, 1.54) is 5.01 Å². The molecule has 0 aliphatic rings. The van der Waals surface area contributed by atoms with Gasteiger partial charge < -0.3 is 4.74 Å². The summed E-state index contributed by atoms with van der Waals surface area (Å²) in [6, 6.07) is 19.2. The monoisotopic (exact) mass is 336 g/mol. The average molecular weight is 336 g/mol. The predicted molar refractivity (Wildman–Crippen MR) is 104 cm³/mol. The highest BCUT2D eigenvalue weighted by molar-refractivity contribution is 5.99. The molecular weight excluding hydrogens is 312 g/mol. The number of carbonyl (C=O) groups excluding carboxylic acids is 1. The summed E-state index contributed by atoms with van der Waals surface area (Å²) in [6.07, 6.45) is 3.32. The maximum Gasteiger partial charge on any atom is 0.435 e. The third kappa shape index (κ3) is 6.26. The van der Waals surface area contributed by atoms with E-state index in [0.717, 1.165) is 5.56 Å². The highest BCUT2D eigenvalue weighted by Crippen LogP contribution is 2.18. The molecule has 0 radical (unpaired) electrons. The van der Waals surface area contributed by atoms with E-state index in [1.54, 1.807) is 0 Å². The first kappa shape index (κ1) is 18.5. The van der Waals surface area contributed by atoms with Gasteiger partial charge >= 0.3 is 6.09 Å². The second-order valence-corrected chi connectivity index (χ2v) is 6.61.